The standard InChI is InChI=1S/C27H23F4N7O3S.C19H18F3N7O2S.H3P/c28-20-7-2-1-5-17(20)14-24(40)33-26-37-36-25(42-26)18-10-11-38(15-18)22-9-8-21(34-35-22)32-23(39)13-16-4-3-6-19(12-16)41-27(29,30)31;20-19(21,22)31-13-3-1-2-11(8-13)9-16(30)24-14-4-5-15(26-25-14)29-7-6-12(10-29)17-27-28-18(23)32-17;/h1-9,12,18H,10-11,13-15H2,(H,32,34,39)(H,33,37,40);1-5,8,12H,6-7,9-10H2,(H2,23,28)(H,24,25,30);1H3/i;;1T3. The number of benzene rings is 3. The van der Waals surface area contributed by atoms with Gasteiger partial charge in [0.25, 0.3) is 0 Å². The first-order valence-corrected chi connectivity index (χ1v) is 23.9. The van der Waals surface area contributed by atoms with Crippen LogP contribution in [0.1, 0.15) is 51.4 Å². The summed E-state index contributed by atoms with van der Waals surface area (Å²) in [5.74, 6) is -0.557. The van der Waals surface area contributed by atoms with Crippen molar-refractivity contribution in [1.29, 1.82) is 3.84 Å². The molecule has 0 bridgehead atoms. The van der Waals surface area contributed by atoms with E-state index >= 15 is 0 Å². The van der Waals surface area contributed by atoms with Crippen LogP contribution in [0.25, 0.3) is 0 Å². The van der Waals surface area contributed by atoms with Crippen LogP contribution in [0.2, 0.25) is 0 Å². The largest absolute Gasteiger partial charge is 0.573 e. The highest BCUT2D eigenvalue weighted by Crippen LogP contribution is 2.34. The normalized spacial score (nSPS) is 15.8. The first kappa shape index (κ1) is 50.8. The van der Waals surface area contributed by atoms with E-state index in [9.17, 15) is 45.1 Å². The van der Waals surface area contributed by atoms with E-state index in [-0.39, 0.29) is 54.4 Å². The highest BCUT2D eigenvalue weighted by Gasteiger charge is 2.33. The molecule has 394 valence electrons. The SMILES string of the molecule is Nc1nnc(C2CCN(c3ccc(NC(=O)Cc4cccc(OC(F)(F)F)c4)nn3)C2)s1.O=C(Cc1cccc(OC(F)(F)F)c1)Nc1ccc(N2CCC(c3nnc(NC(=O)Cc4ccccc4F)s3)C2)nn1.[3H]P([3H])[3H]. The Bertz CT molecular complexity index is 3130. The van der Waals surface area contributed by atoms with Crippen molar-refractivity contribution in [2.75, 3.05) is 57.7 Å². The van der Waals surface area contributed by atoms with Gasteiger partial charge < -0.3 is 41.0 Å². The van der Waals surface area contributed by atoms with E-state index in [1.54, 1.807) is 42.5 Å². The molecule has 0 radical (unpaired) electrons. The van der Waals surface area contributed by atoms with Crippen LogP contribution in [0.4, 0.5) is 64.3 Å². The minimum absolute atomic E-state index is 0.0537. The number of nitrogens with one attached hydrogen (secondary N) is 3. The van der Waals surface area contributed by atoms with Crippen LogP contribution in [-0.4, -0.2) is 101 Å². The first-order valence-electron chi connectivity index (χ1n) is 23.6. The smallest absolute Gasteiger partial charge is 0.406 e. The number of nitrogen functional groups attached to an aromatic ring is 1. The van der Waals surface area contributed by atoms with E-state index in [4.69, 9.17) is 9.57 Å². The Morgan fingerprint density at radius 3 is 1.59 bits per heavy atom. The highest BCUT2D eigenvalue weighted by atomic mass is 32.1. The summed E-state index contributed by atoms with van der Waals surface area (Å²) in [5.41, 5.74) is 6.65. The fourth-order valence-corrected chi connectivity index (χ4v) is 9.37. The highest BCUT2D eigenvalue weighted by molar-refractivity contribution is 7.15. The molecule has 4 aromatic heterocycles. The minimum atomic E-state index is -4.82. The maximum Gasteiger partial charge on any atom is 0.573 e. The van der Waals surface area contributed by atoms with Crippen molar-refractivity contribution in [1.82, 2.24) is 40.8 Å². The number of rotatable bonds is 15. The van der Waals surface area contributed by atoms with Crippen molar-refractivity contribution in [3.05, 3.63) is 130 Å². The molecule has 29 heteroatoms. The van der Waals surface area contributed by atoms with Crippen LogP contribution in [0, 0.1) is 5.82 Å². The predicted octanol–water partition coefficient (Wildman–Crippen LogP) is 7.76. The Balaban J connectivity index is 0.000000218. The number of halogens is 7. The third-order valence-electron chi connectivity index (χ3n) is 11.0. The number of hydrogen-bond acceptors (Lipinski definition) is 18. The zero-order chi connectivity index (χ0) is 56.0. The van der Waals surface area contributed by atoms with Gasteiger partial charge in [-0.25, -0.2) is 4.39 Å². The van der Waals surface area contributed by atoms with E-state index in [0.29, 0.717) is 58.2 Å². The number of nitrogens with zero attached hydrogens (tertiary/aromatic N) is 10. The van der Waals surface area contributed by atoms with Gasteiger partial charge in [-0.2, -0.15) is 9.73 Å². The number of nitrogens with two attached hydrogens (primary N) is 1. The van der Waals surface area contributed by atoms with Gasteiger partial charge in [0.15, 0.2) is 23.3 Å². The summed E-state index contributed by atoms with van der Waals surface area (Å²) < 4.78 is 114. The molecule has 9 rings (SSSR count). The van der Waals surface area contributed by atoms with Gasteiger partial charge in [-0.1, -0.05) is 65.1 Å². The molecule has 7 aromatic rings. The van der Waals surface area contributed by atoms with Crippen LogP contribution in [-0.2, 0) is 33.6 Å². The van der Waals surface area contributed by atoms with Crippen LogP contribution >= 0.6 is 32.4 Å². The van der Waals surface area contributed by atoms with Crippen LogP contribution in [0.15, 0.2) is 97.1 Å². The molecule has 2 unspecified atom stereocenters. The molecule has 0 spiro atoms. The molecule has 2 fully saturated rings. The Hall–Kier alpha value is -7.71. The number of hydrogen-bond donors (Lipinski definition) is 4. The molecule has 2 aliphatic rings. The molecule has 19 nitrogen and oxygen atoms in total. The summed E-state index contributed by atoms with van der Waals surface area (Å²) in [4.78, 5) is 41.0. The van der Waals surface area contributed by atoms with Crippen molar-refractivity contribution in [3.8, 4) is 11.5 Å². The molecule has 2 aliphatic heterocycles. The fourth-order valence-electron chi connectivity index (χ4n) is 7.75. The second kappa shape index (κ2) is 24.5. The molecular formula is C46H44F7N14O5PS2. The second-order valence-electron chi connectivity index (χ2n) is 16.5. The Labute approximate surface area is 436 Å². The number of ether oxygens (including phenoxy) is 2. The van der Waals surface area contributed by atoms with Gasteiger partial charge in [0.1, 0.15) is 27.3 Å². The molecule has 5 N–H and O–H groups in total. The Morgan fingerprint density at radius 1 is 0.627 bits per heavy atom. The van der Waals surface area contributed by atoms with Gasteiger partial charge in [0.2, 0.25) is 28.0 Å². The molecule has 0 aliphatic carbocycles. The average molecular weight is 1110 g/mol. The summed E-state index contributed by atoms with van der Waals surface area (Å²) in [5, 5.41) is 42.9. The van der Waals surface area contributed by atoms with Crippen LogP contribution in [0.5, 0.6) is 11.5 Å². The number of alkyl halides is 6. The topological polar surface area (TPSA) is 241 Å². The lowest BCUT2D eigenvalue weighted by Crippen LogP contribution is -2.21. The van der Waals surface area contributed by atoms with Gasteiger partial charge in [0.05, 0.1) is 23.1 Å². The lowest BCUT2D eigenvalue weighted by atomic mass is 10.1. The van der Waals surface area contributed by atoms with Crippen molar-refractivity contribution in [2.24, 2.45) is 0 Å². The molecule has 3 amide bonds. The summed E-state index contributed by atoms with van der Waals surface area (Å²) >= 11 is 2.64. The van der Waals surface area contributed by atoms with Gasteiger partial charge >= 0.3 is 12.7 Å². The van der Waals surface area contributed by atoms with E-state index in [1.807, 2.05) is 4.90 Å². The lowest BCUT2D eigenvalue weighted by Gasteiger charge is -2.16. The fraction of sp³-hybridized carbons (Fsp3) is 0.283. The van der Waals surface area contributed by atoms with Gasteiger partial charge in [0, 0.05) is 38.0 Å². The maximum absolute atomic E-state index is 13.8. The summed E-state index contributed by atoms with van der Waals surface area (Å²) in [6, 6.07) is 23.2. The van der Waals surface area contributed by atoms with E-state index < -0.39 is 45.8 Å². The number of carbonyl (C=O) groups is 3. The Morgan fingerprint density at radius 2 is 1.12 bits per heavy atom. The van der Waals surface area contributed by atoms with Crippen LogP contribution < -0.4 is 41.0 Å². The number of anilines is 6. The molecule has 2 atom stereocenters. The van der Waals surface area contributed by atoms with Gasteiger partial charge in [-0.15, -0.1) is 67.1 Å². The van der Waals surface area contributed by atoms with E-state index in [2.05, 4.69) is 71.1 Å². The predicted molar refractivity (Wildman–Crippen MR) is 268 cm³/mol. The van der Waals surface area contributed by atoms with Crippen molar-refractivity contribution in [2.45, 2.75) is 56.7 Å². The third-order valence-corrected chi connectivity index (χ3v) is 12.9. The molecule has 6 heterocycles. The quantitative estimate of drug-likeness (QED) is 0.0566. The molecule has 0 saturated carbocycles. The summed E-state index contributed by atoms with van der Waals surface area (Å²) in [6.07, 6.45) is -8.38. The number of carbonyl (C=O) groups excluding carboxylic acids is 3. The third kappa shape index (κ3) is 16.4. The number of amides is 3. The zero-order valence-electron chi connectivity index (χ0n) is 41.8. The monoisotopic (exact) mass is 1110 g/mol. The second-order valence-corrected chi connectivity index (χ2v) is 18.5. The van der Waals surface area contributed by atoms with Crippen molar-refractivity contribution in [3.63, 3.8) is 0 Å². The average Bonchev–Trinajstić information content (AvgIpc) is 4.22. The van der Waals surface area contributed by atoms with Crippen LogP contribution in [0.3, 0.4) is 0 Å². The maximum atomic E-state index is 13.8. The van der Waals surface area contributed by atoms with Gasteiger partial charge in [-0.3, -0.25) is 14.4 Å². The van der Waals surface area contributed by atoms with E-state index in [1.165, 1.54) is 59.1 Å². The summed E-state index contributed by atoms with van der Waals surface area (Å²) in [6.45, 7) is 2.76. The molecule has 3 aromatic carbocycles. The number of aromatic nitrogens is 8. The van der Waals surface area contributed by atoms with E-state index in [0.717, 1.165) is 47.6 Å². The lowest BCUT2D eigenvalue weighted by molar-refractivity contribution is -0.275. The summed E-state index contributed by atoms with van der Waals surface area (Å²) in [7, 11) is -1.87. The first-order chi connectivity index (χ1) is 37.1. The molecular weight excluding hydrogens is 1060 g/mol. The van der Waals surface area contributed by atoms with Crippen molar-refractivity contribution < 1.29 is 54.6 Å². The molecule has 2 saturated heterocycles. The van der Waals surface area contributed by atoms with Crippen molar-refractivity contribution >= 4 is 83.7 Å². The zero-order valence-corrected chi connectivity index (χ0v) is 41.3. The van der Waals surface area contributed by atoms with Gasteiger partial charge in [-0.05, 0) is 84.1 Å². The minimum Gasteiger partial charge on any atom is -0.406 e. The Kier molecular flexibility index (Phi) is 16.6. The molecule has 75 heavy (non-hydrogen) atoms.